The van der Waals surface area contributed by atoms with Crippen LogP contribution >= 0.6 is 0 Å². The van der Waals surface area contributed by atoms with Gasteiger partial charge in [-0.3, -0.25) is 4.79 Å². The lowest BCUT2D eigenvalue weighted by Crippen LogP contribution is -2.71. The number of aliphatic hydroxyl groups is 1. The van der Waals surface area contributed by atoms with Gasteiger partial charge in [0.1, 0.15) is 11.7 Å². The fraction of sp³-hybridized carbons (Fsp3) is 0.944. The van der Waals surface area contributed by atoms with E-state index in [4.69, 9.17) is 18.6 Å². The summed E-state index contributed by atoms with van der Waals surface area (Å²) in [5.41, 5.74) is -1.24. The van der Waals surface area contributed by atoms with Gasteiger partial charge in [0.25, 0.3) is 0 Å². The standard InChI is InChI=1S/C18H34O6Si/c1-9-21-13(19)10-12-14-15(24-17(5,6)23-14)18(12,20)11-22-25(7,8)16(2,3)4/h12,14-15,20H,9-11H2,1-8H3/t12-,14+,15+,18-/m0/s1. The average molecular weight is 375 g/mol. The molecule has 0 spiro atoms. The summed E-state index contributed by atoms with van der Waals surface area (Å²) in [4.78, 5) is 12.0. The van der Waals surface area contributed by atoms with Crippen LogP contribution in [-0.2, 0) is 23.4 Å². The smallest absolute Gasteiger partial charge is 0.306 e. The van der Waals surface area contributed by atoms with Gasteiger partial charge in [0.15, 0.2) is 14.1 Å². The second-order valence-electron chi connectivity index (χ2n) is 9.18. The summed E-state index contributed by atoms with van der Waals surface area (Å²) in [5, 5.41) is 11.3. The number of carbonyl (C=O) groups is 1. The van der Waals surface area contributed by atoms with Gasteiger partial charge in [0.2, 0.25) is 0 Å². The molecule has 0 aromatic rings. The average Bonchev–Trinajstić information content (AvgIpc) is 2.75. The zero-order valence-corrected chi connectivity index (χ0v) is 17.8. The minimum Gasteiger partial charge on any atom is -0.466 e. The largest absolute Gasteiger partial charge is 0.466 e. The van der Waals surface area contributed by atoms with E-state index in [1.165, 1.54) is 0 Å². The van der Waals surface area contributed by atoms with E-state index in [2.05, 4.69) is 33.9 Å². The van der Waals surface area contributed by atoms with Gasteiger partial charge >= 0.3 is 5.97 Å². The quantitative estimate of drug-likeness (QED) is 0.569. The van der Waals surface area contributed by atoms with Crippen molar-refractivity contribution in [2.24, 2.45) is 5.92 Å². The van der Waals surface area contributed by atoms with Gasteiger partial charge in [-0.25, -0.2) is 0 Å². The number of hydrogen-bond acceptors (Lipinski definition) is 6. The van der Waals surface area contributed by atoms with Crippen LogP contribution in [0.1, 0.15) is 48.0 Å². The van der Waals surface area contributed by atoms with Crippen LogP contribution < -0.4 is 0 Å². The summed E-state index contributed by atoms with van der Waals surface area (Å²) >= 11 is 0. The van der Waals surface area contributed by atoms with Crippen molar-refractivity contribution in [3.63, 3.8) is 0 Å². The molecule has 4 atom stereocenters. The van der Waals surface area contributed by atoms with E-state index in [-0.39, 0.29) is 36.1 Å². The van der Waals surface area contributed by atoms with Crippen LogP contribution in [0.15, 0.2) is 0 Å². The van der Waals surface area contributed by atoms with E-state index >= 15 is 0 Å². The Bertz CT molecular complexity index is 512. The monoisotopic (exact) mass is 374 g/mol. The van der Waals surface area contributed by atoms with Crippen molar-refractivity contribution < 1.29 is 28.5 Å². The molecule has 0 aromatic heterocycles. The fourth-order valence-electron chi connectivity index (χ4n) is 3.24. The molecular weight excluding hydrogens is 340 g/mol. The van der Waals surface area contributed by atoms with Gasteiger partial charge in [-0.05, 0) is 38.9 Å². The molecule has 1 aliphatic heterocycles. The van der Waals surface area contributed by atoms with Crippen molar-refractivity contribution in [1.29, 1.82) is 0 Å². The molecule has 0 bridgehead atoms. The molecule has 146 valence electrons. The summed E-state index contributed by atoms with van der Waals surface area (Å²) in [7, 11) is -2.03. The van der Waals surface area contributed by atoms with E-state index in [0.29, 0.717) is 6.61 Å². The molecule has 0 radical (unpaired) electrons. The van der Waals surface area contributed by atoms with Gasteiger partial charge in [-0.1, -0.05) is 20.8 Å². The summed E-state index contributed by atoms with van der Waals surface area (Å²) in [5.74, 6) is -1.49. The zero-order chi connectivity index (χ0) is 19.3. The highest BCUT2D eigenvalue weighted by atomic mass is 28.4. The number of fused-ring (bicyclic) bond motifs is 1. The summed E-state index contributed by atoms with van der Waals surface area (Å²) in [6.45, 7) is 16.6. The molecule has 7 heteroatoms. The number of hydrogen-bond donors (Lipinski definition) is 1. The Morgan fingerprint density at radius 3 is 2.36 bits per heavy atom. The van der Waals surface area contributed by atoms with Crippen molar-refractivity contribution in [2.75, 3.05) is 13.2 Å². The third kappa shape index (κ3) is 3.95. The molecular formula is C18H34O6Si. The molecule has 1 heterocycles. The Hall–Kier alpha value is -0.473. The Balaban J connectivity index is 2.15. The second-order valence-corrected chi connectivity index (χ2v) is 14.0. The minimum absolute atomic E-state index is 0.0372. The van der Waals surface area contributed by atoms with Crippen LogP contribution in [0.5, 0.6) is 0 Å². The van der Waals surface area contributed by atoms with E-state index in [9.17, 15) is 9.90 Å². The normalized spacial score (nSPS) is 34.4. The van der Waals surface area contributed by atoms with E-state index in [1.54, 1.807) is 6.92 Å². The first-order valence-corrected chi connectivity index (χ1v) is 12.0. The number of esters is 1. The molecule has 2 fully saturated rings. The minimum atomic E-state index is -2.03. The predicted molar refractivity (Wildman–Crippen MR) is 96.7 cm³/mol. The van der Waals surface area contributed by atoms with Crippen LogP contribution in [0.25, 0.3) is 0 Å². The van der Waals surface area contributed by atoms with E-state index in [1.807, 2.05) is 13.8 Å². The van der Waals surface area contributed by atoms with Crippen LogP contribution in [0.4, 0.5) is 0 Å². The highest BCUT2D eigenvalue weighted by Crippen LogP contribution is 2.53. The highest BCUT2D eigenvalue weighted by molar-refractivity contribution is 6.74. The SMILES string of the molecule is CCOC(=O)C[C@H]1[C@H]2OC(C)(C)O[C@H]2[C@]1(O)CO[Si](C)(C)C(C)(C)C. The Kier molecular flexibility index (Phi) is 5.50. The molecule has 25 heavy (non-hydrogen) atoms. The number of carbonyl (C=O) groups excluding carboxylic acids is 1. The van der Waals surface area contributed by atoms with Gasteiger partial charge in [0.05, 0.1) is 25.7 Å². The maximum absolute atomic E-state index is 12.0. The number of rotatable bonds is 6. The van der Waals surface area contributed by atoms with Gasteiger partial charge in [0, 0.05) is 5.92 Å². The second kappa shape index (κ2) is 6.60. The van der Waals surface area contributed by atoms with Gasteiger partial charge in [-0.15, -0.1) is 0 Å². The lowest BCUT2D eigenvalue weighted by atomic mass is 9.63. The summed E-state index contributed by atoms with van der Waals surface area (Å²) in [6.07, 6.45) is -0.689. The first-order valence-electron chi connectivity index (χ1n) is 9.11. The molecule has 1 saturated heterocycles. The van der Waals surface area contributed by atoms with Gasteiger partial charge in [-0.2, -0.15) is 0 Å². The van der Waals surface area contributed by atoms with E-state index < -0.39 is 25.8 Å². The van der Waals surface area contributed by atoms with E-state index in [0.717, 1.165) is 0 Å². The van der Waals surface area contributed by atoms with Crippen molar-refractivity contribution >= 4 is 14.3 Å². The first-order chi connectivity index (χ1) is 11.2. The molecule has 6 nitrogen and oxygen atoms in total. The molecule has 1 saturated carbocycles. The molecule has 2 rings (SSSR count). The van der Waals surface area contributed by atoms with Gasteiger partial charge < -0.3 is 23.7 Å². The lowest BCUT2D eigenvalue weighted by molar-refractivity contribution is -0.233. The van der Waals surface area contributed by atoms with Crippen molar-refractivity contribution in [3.05, 3.63) is 0 Å². The predicted octanol–water partition coefficient (Wildman–Crippen LogP) is 2.84. The maximum atomic E-state index is 12.0. The molecule has 1 N–H and O–H groups in total. The number of ether oxygens (including phenoxy) is 3. The molecule has 0 unspecified atom stereocenters. The Morgan fingerprint density at radius 1 is 1.24 bits per heavy atom. The topological polar surface area (TPSA) is 74.2 Å². The maximum Gasteiger partial charge on any atom is 0.306 e. The third-order valence-corrected chi connectivity index (χ3v) is 10.3. The van der Waals surface area contributed by atoms with Crippen molar-refractivity contribution in [1.82, 2.24) is 0 Å². The molecule has 0 amide bonds. The van der Waals surface area contributed by atoms with Crippen molar-refractivity contribution in [2.45, 2.75) is 89.7 Å². The van der Waals surface area contributed by atoms with Crippen LogP contribution in [0.3, 0.4) is 0 Å². The Labute approximate surface area is 152 Å². The molecule has 1 aliphatic carbocycles. The van der Waals surface area contributed by atoms with Crippen molar-refractivity contribution in [3.8, 4) is 0 Å². The van der Waals surface area contributed by atoms with Crippen LogP contribution in [-0.4, -0.2) is 56.2 Å². The third-order valence-electron chi connectivity index (χ3n) is 5.82. The first kappa shape index (κ1) is 20.8. The summed E-state index contributed by atoms with van der Waals surface area (Å²) < 4.78 is 23.1. The molecule has 2 aliphatic rings. The highest BCUT2D eigenvalue weighted by Gasteiger charge is 2.69. The lowest BCUT2D eigenvalue weighted by Gasteiger charge is -2.53. The van der Waals surface area contributed by atoms with Crippen LogP contribution in [0, 0.1) is 5.92 Å². The Morgan fingerprint density at radius 2 is 1.84 bits per heavy atom. The fourth-order valence-corrected chi connectivity index (χ4v) is 4.27. The summed E-state index contributed by atoms with van der Waals surface area (Å²) in [6, 6.07) is 0. The molecule has 0 aromatic carbocycles. The zero-order valence-electron chi connectivity index (χ0n) is 16.8. The van der Waals surface area contributed by atoms with Crippen LogP contribution in [0.2, 0.25) is 18.1 Å².